The van der Waals surface area contributed by atoms with E-state index in [2.05, 4.69) is 117 Å². The first kappa shape index (κ1) is 23.2. The van der Waals surface area contributed by atoms with Crippen molar-refractivity contribution in [2.45, 2.75) is 52.1 Å². The molecule has 1 aromatic heterocycles. The fourth-order valence-electron chi connectivity index (χ4n) is 5.40. The highest BCUT2D eigenvalue weighted by atomic mass is 16.1. The molecule has 2 heterocycles. The molecule has 0 N–H and O–H groups in total. The van der Waals surface area contributed by atoms with Gasteiger partial charge in [-0.25, -0.2) is 0 Å². The summed E-state index contributed by atoms with van der Waals surface area (Å²) in [4.78, 5) is 14.5. The Hall–Kier alpha value is -3.59. The Morgan fingerprint density at radius 3 is 2.34 bits per heavy atom. The van der Waals surface area contributed by atoms with Crippen molar-refractivity contribution < 1.29 is 4.79 Å². The quantitative estimate of drug-likeness (QED) is 0.232. The van der Waals surface area contributed by atoms with Crippen LogP contribution in [0.5, 0.6) is 0 Å². The lowest BCUT2D eigenvalue weighted by Crippen LogP contribution is -2.38. The third kappa shape index (κ3) is 4.20. The Balaban J connectivity index is 1.66. The zero-order valence-electron chi connectivity index (χ0n) is 21.2. The summed E-state index contributed by atoms with van der Waals surface area (Å²) in [7, 11) is 0. The second kappa shape index (κ2) is 8.88. The molecule has 35 heavy (non-hydrogen) atoms. The zero-order chi connectivity index (χ0) is 24.7. The molecule has 3 heteroatoms. The van der Waals surface area contributed by atoms with Crippen LogP contribution in [-0.4, -0.2) is 17.4 Å². The topological polar surface area (TPSA) is 25.2 Å². The van der Waals surface area contributed by atoms with Gasteiger partial charge in [0.25, 0.3) is 0 Å². The van der Waals surface area contributed by atoms with E-state index < -0.39 is 0 Å². The number of aldehydes is 1. The number of fused-ring (bicyclic) bond motifs is 3. The third-order valence-corrected chi connectivity index (χ3v) is 7.32. The monoisotopic (exact) mass is 462 g/mol. The number of anilines is 1. The summed E-state index contributed by atoms with van der Waals surface area (Å²) in [5.74, 6) is 0. The van der Waals surface area contributed by atoms with Gasteiger partial charge in [0.2, 0.25) is 0 Å². The summed E-state index contributed by atoms with van der Waals surface area (Å²) in [6.07, 6.45) is 1.87. The highest BCUT2D eigenvalue weighted by Gasteiger charge is 2.35. The highest BCUT2D eigenvalue weighted by Crippen LogP contribution is 2.42. The summed E-state index contributed by atoms with van der Waals surface area (Å²) in [5, 5.41) is 1.28. The maximum atomic E-state index is 12.2. The van der Waals surface area contributed by atoms with Gasteiger partial charge < -0.3 is 9.47 Å². The van der Waals surface area contributed by atoms with Crippen molar-refractivity contribution in [2.24, 2.45) is 0 Å². The summed E-state index contributed by atoms with van der Waals surface area (Å²) < 4.78 is 2.41. The van der Waals surface area contributed by atoms with E-state index in [9.17, 15) is 4.79 Å². The van der Waals surface area contributed by atoms with E-state index in [4.69, 9.17) is 0 Å². The molecule has 178 valence electrons. The number of aryl methyl sites for hydroxylation is 1. The SMILES string of the molecule is C=C(C=O)[C@@H]1c2c(c3ccccc3n2Cc2ccc(C)cc2)CCN1c1ccc(C(C)(C)C)cc1. The van der Waals surface area contributed by atoms with E-state index in [0.29, 0.717) is 5.57 Å². The minimum absolute atomic E-state index is 0.0971. The van der Waals surface area contributed by atoms with Gasteiger partial charge in [-0.2, -0.15) is 0 Å². The Kier molecular flexibility index (Phi) is 5.88. The van der Waals surface area contributed by atoms with Gasteiger partial charge in [0, 0.05) is 40.9 Å². The Morgan fingerprint density at radius 1 is 1.00 bits per heavy atom. The molecule has 1 atom stereocenters. The van der Waals surface area contributed by atoms with E-state index in [-0.39, 0.29) is 11.5 Å². The molecule has 0 saturated carbocycles. The average Bonchev–Trinajstić information content (AvgIpc) is 3.17. The van der Waals surface area contributed by atoms with E-state index in [1.54, 1.807) is 0 Å². The van der Waals surface area contributed by atoms with Gasteiger partial charge >= 0.3 is 0 Å². The van der Waals surface area contributed by atoms with Crippen LogP contribution in [0.3, 0.4) is 0 Å². The highest BCUT2D eigenvalue weighted by molar-refractivity contribution is 5.88. The predicted molar refractivity (Wildman–Crippen MR) is 146 cm³/mol. The standard InChI is InChI=1S/C32H34N2O/c1-22-10-12-24(13-11-22)20-34-29-9-7-6-8-27(29)28-18-19-33(30(31(28)34)23(2)21-35)26-16-14-25(15-17-26)32(3,4)5/h6-17,21,30H,2,18-20H2,1,3-5H3/t30-/m1/s1. The summed E-state index contributed by atoms with van der Waals surface area (Å²) >= 11 is 0. The number of para-hydroxylation sites is 1. The number of carbonyl (C=O) groups excluding carboxylic acids is 1. The molecule has 0 radical (unpaired) electrons. The fraction of sp³-hybridized carbons (Fsp3) is 0.281. The Labute approximate surface area is 208 Å². The van der Waals surface area contributed by atoms with Crippen molar-refractivity contribution >= 4 is 22.9 Å². The van der Waals surface area contributed by atoms with E-state index in [1.165, 1.54) is 38.9 Å². The lowest BCUT2D eigenvalue weighted by Gasteiger charge is -2.39. The van der Waals surface area contributed by atoms with E-state index >= 15 is 0 Å². The first-order valence-corrected chi connectivity index (χ1v) is 12.4. The van der Waals surface area contributed by atoms with E-state index in [1.807, 2.05) is 0 Å². The maximum Gasteiger partial charge on any atom is 0.147 e. The largest absolute Gasteiger partial charge is 0.358 e. The van der Waals surface area contributed by atoms with Crippen LogP contribution < -0.4 is 4.90 Å². The van der Waals surface area contributed by atoms with Crippen LogP contribution >= 0.6 is 0 Å². The number of benzene rings is 3. The second-order valence-electron chi connectivity index (χ2n) is 10.8. The molecule has 1 aliphatic heterocycles. The number of hydrogen-bond acceptors (Lipinski definition) is 2. The van der Waals surface area contributed by atoms with Crippen LogP contribution in [0, 0.1) is 6.92 Å². The van der Waals surface area contributed by atoms with Gasteiger partial charge in [0.1, 0.15) is 6.29 Å². The Bertz CT molecular complexity index is 1380. The predicted octanol–water partition coefficient (Wildman–Crippen LogP) is 7.15. The molecule has 3 nitrogen and oxygen atoms in total. The van der Waals surface area contributed by atoms with Gasteiger partial charge in [-0.15, -0.1) is 0 Å². The van der Waals surface area contributed by atoms with Gasteiger partial charge in [-0.1, -0.05) is 87.5 Å². The van der Waals surface area contributed by atoms with Gasteiger partial charge in [0.05, 0.1) is 6.04 Å². The molecule has 3 aromatic carbocycles. The van der Waals surface area contributed by atoms with Crippen molar-refractivity contribution in [3.05, 3.63) is 113 Å². The Morgan fingerprint density at radius 2 is 1.69 bits per heavy atom. The molecule has 0 spiro atoms. The van der Waals surface area contributed by atoms with Crippen LogP contribution in [0.2, 0.25) is 0 Å². The smallest absolute Gasteiger partial charge is 0.147 e. The first-order valence-electron chi connectivity index (χ1n) is 12.4. The van der Waals surface area contributed by atoms with Crippen molar-refractivity contribution in [1.82, 2.24) is 4.57 Å². The van der Waals surface area contributed by atoms with Crippen LogP contribution in [0.4, 0.5) is 5.69 Å². The molecule has 0 amide bonds. The average molecular weight is 463 g/mol. The lowest BCUT2D eigenvalue weighted by atomic mass is 9.86. The number of nitrogens with zero attached hydrogens (tertiary/aromatic N) is 2. The minimum Gasteiger partial charge on any atom is -0.358 e. The van der Waals surface area contributed by atoms with Crippen LogP contribution in [0.1, 0.15) is 54.8 Å². The van der Waals surface area contributed by atoms with Crippen LogP contribution in [0.25, 0.3) is 10.9 Å². The van der Waals surface area contributed by atoms with Crippen LogP contribution in [0.15, 0.2) is 84.9 Å². The molecule has 4 aromatic rings. The van der Waals surface area contributed by atoms with Crippen molar-refractivity contribution in [3.8, 4) is 0 Å². The molecule has 0 bridgehead atoms. The summed E-state index contributed by atoms with van der Waals surface area (Å²) in [5.41, 5.74) is 9.37. The van der Waals surface area contributed by atoms with Crippen molar-refractivity contribution in [3.63, 3.8) is 0 Å². The van der Waals surface area contributed by atoms with Crippen molar-refractivity contribution in [2.75, 3.05) is 11.4 Å². The van der Waals surface area contributed by atoms with Gasteiger partial charge in [-0.3, -0.25) is 4.79 Å². The normalized spacial score (nSPS) is 15.8. The number of rotatable bonds is 5. The van der Waals surface area contributed by atoms with Crippen molar-refractivity contribution in [1.29, 1.82) is 0 Å². The number of hydrogen-bond donors (Lipinski definition) is 0. The molecule has 0 fully saturated rings. The van der Waals surface area contributed by atoms with Gasteiger partial charge in [0.15, 0.2) is 0 Å². The molecular formula is C32H34N2O. The molecule has 0 aliphatic carbocycles. The molecule has 0 unspecified atom stereocenters. The van der Waals surface area contributed by atoms with Gasteiger partial charge in [-0.05, 0) is 53.6 Å². The number of aromatic nitrogens is 1. The first-order chi connectivity index (χ1) is 16.8. The molecular weight excluding hydrogens is 428 g/mol. The summed E-state index contributed by atoms with van der Waals surface area (Å²) in [6.45, 7) is 14.7. The molecule has 5 rings (SSSR count). The van der Waals surface area contributed by atoms with Crippen LogP contribution in [-0.2, 0) is 23.2 Å². The molecule has 0 saturated heterocycles. The second-order valence-corrected chi connectivity index (χ2v) is 10.8. The zero-order valence-corrected chi connectivity index (χ0v) is 21.2. The fourth-order valence-corrected chi connectivity index (χ4v) is 5.40. The third-order valence-electron chi connectivity index (χ3n) is 7.32. The van der Waals surface area contributed by atoms with E-state index in [0.717, 1.165) is 31.5 Å². The number of carbonyl (C=O) groups is 1. The maximum absolute atomic E-state index is 12.2. The summed E-state index contributed by atoms with van der Waals surface area (Å²) in [6, 6.07) is 26.0. The lowest BCUT2D eigenvalue weighted by molar-refractivity contribution is -0.105. The minimum atomic E-state index is -0.199. The molecule has 1 aliphatic rings.